The van der Waals surface area contributed by atoms with Crippen molar-refractivity contribution >= 4 is 114 Å². The van der Waals surface area contributed by atoms with Crippen molar-refractivity contribution in [3.05, 3.63) is 235 Å². The number of benzene rings is 4. The molecule has 0 saturated carbocycles. The molecule has 4 aromatic carbocycles. The lowest BCUT2D eigenvalue weighted by Gasteiger charge is -2.45. The van der Waals surface area contributed by atoms with Crippen LogP contribution in [0, 0.1) is 51.0 Å². The number of methoxy groups -OCH3 is 1. The Morgan fingerprint density at radius 3 is 1.00 bits per heavy atom. The molecule has 7 saturated heterocycles. The van der Waals surface area contributed by atoms with Gasteiger partial charge in [-0.3, -0.25) is 66.3 Å². The van der Waals surface area contributed by atoms with E-state index in [0.29, 0.717) is 242 Å². The zero-order valence-corrected chi connectivity index (χ0v) is 82.9. The summed E-state index contributed by atoms with van der Waals surface area (Å²) in [6, 6.07) is 22.8. The largest absolute Gasteiger partial charge is 0.506 e. The van der Waals surface area contributed by atoms with Crippen molar-refractivity contribution in [2.45, 2.75) is 73.4 Å². The number of nitrogens with one attached hydrogen (secondary N) is 1. The summed E-state index contributed by atoms with van der Waals surface area (Å²) >= 11 is 0. The fraction of sp³-hybridized carbons (Fsp3) is 0.369. The highest BCUT2D eigenvalue weighted by Gasteiger charge is 2.38. The van der Waals surface area contributed by atoms with Crippen LogP contribution in [-0.2, 0) is 28.7 Å². The number of phenolic OH excluding ortho intramolecular Hbond substituents is 4. The number of pyridine rings is 4. The maximum Gasteiger partial charge on any atom is 0.318 e. The zero-order valence-electron chi connectivity index (χ0n) is 82.9. The molecule has 8 aromatic heterocycles. The Morgan fingerprint density at radius 1 is 0.401 bits per heavy atom. The second kappa shape index (κ2) is 44.4. The first-order chi connectivity index (χ1) is 70.7. The number of para-hydroxylation sites is 4. The molecule has 12 aromatic rings. The third kappa shape index (κ3) is 21.2. The standard InChI is InChI=1S/C28H32FN7O4.C28H34FN7O3.C25H27FN6O4.C22H22FN5O4/c1-4-23(39)34-12-14-35(15-13-34)26-20-16-17(2)36(25-21(29)6-5-7-22(25)38)27(40)24(20)31-28(32-26)30-19-8-10-33(11-9-19)18(3)37;1-5-23(38)33-11-13-34(14-12-33)26-20-15-18(4)36(25-21(29)9-8-10-22(25)37)27(39)24(20)30-28(31-26)35-16-19(17-35)32(6-2)7-3;1-3-20(34)29-7-9-30(10-8-29)23-17-15-16(2)32(22-18(26)5-4-6-19(22)33)24(35)21(17)27-25(28-23)31-11-13-36-14-12-31;1-4-17(30)26-8-10-27(11-9-26)20-14-12-13(2)28(19-15(23)6-5-7-16(19)29)21(31)18(14)24-22(25-20)32-3/h4-7,16,19,38H,1,8-15H2,2-3H3,(H,30,31,32);5,8-10,15,19,37H,1,6-7,11-14,16-17H2,2-4H3;3-6,15,33H,1,7-14H2,2H3;4-7,12,29H,1,8-11H2,2-3H3. The number of anilines is 7. The van der Waals surface area contributed by atoms with E-state index in [-0.39, 0.29) is 115 Å². The van der Waals surface area contributed by atoms with Crippen molar-refractivity contribution in [1.29, 1.82) is 0 Å². The molecular weight excluding hydrogens is 1900 g/mol. The Morgan fingerprint density at radius 2 is 0.701 bits per heavy atom. The van der Waals surface area contributed by atoms with Crippen molar-refractivity contribution in [3.63, 3.8) is 0 Å². The number of likely N-dealkylation sites (N-methyl/N-ethyl adjacent to an activating group) is 1. The topological polar surface area (TPSA) is 427 Å². The molecule has 5 amide bonds. The minimum absolute atomic E-state index is 0.00811. The van der Waals surface area contributed by atoms with Crippen LogP contribution >= 0.6 is 0 Å². The molecule has 7 aliphatic heterocycles. The van der Waals surface area contributed by atoms with E-state index in [4.69, 9.17) is 29.4 Å². The number of aryl methyl sites for hydroxylation is 4. The van der Waals surface area contributed by atoms with Gasteiger partial charge in [0.25, 0.3) is 22.2 Å². The van der Waals surface area contributed by atoms with Gasteiger partial charge in [-0.1, -0.05) is 64.4 Å². The lowest BCUT2D eigenvalue weighted by molar-refractivity contribution is -0.130. The first-order valence-electron chi connectivity index (χ1n) is 48.4. The van der Waals surface area contributed by atoms with E-state index in [9.17, 15) is 81.1 Å². The molecule has 0 spiro atoms. The van der Waals surface area contributed by atoms with Crippen LogP contribution in [0.25, 0.3) is 66.4 Å². The maximum atomic E-state index is 14.8. The van der Waals surface area contributed by atoms with Crippen LogP contribution in [0.2, 0.25) is 0 Å². The minimum Gasteiger partial charge on any atom is -0.506 e. The average molecular weight is 2020 g/mol. The third-order valence-corrected chi connectivity index (χ3v) is 27.3. The van der Waals surface area contributed by atoms with Crippen molar-refractivity contribution in [2.75, 3.05) is 212 Å². The van der Waals surface area contributed by atoms with Crippen LogP contribution in [-0.4, -0.2) is 327 Å². The Hall–Kier alpha value is -16.4. The van der Waals surface area contributed by atoms with Gasteiger partial charge >= 0.3 is 6.01 Å². The second-order valence-corrected chi connectivity index (χ2v) is 36.2. The fourth-order valence-corrected chi connectivity index (χ4v) is 19.5. The number of aromatic nitrogens is 12. The van der Waals surface area contributed by atoms with Gasteiger partial charge in [-0.2, -0.15) is 24.9 Å². The molecule has 0 radical (unpaired) electrons. The SMILES string of the molecule is C=CC(=O)N1CCN(c2nc(N3CC(N(CC)CC)C3)nc3c(=O)n(-c4c(O)cccc4F)c(C)cc23)CC1.C=CC(=O)N1CCN(c2nc(N3CCOCC3)nc3c(=O)n(-c4c(O)cccc4F)c(C)cc23)CC1.C=CC(=O)N1CCN(c2nc(NC3CCN(C(C)=O)CC3)nc3c(=O)n(-c4c(O)cccc4F)c(C)cc23)CC1.C=CC(=O)N1CCN(c2nc(OC)nc3c(=O)n(-c4c(O)cccc4F)c(C)cc23)CC1. The van der Waals surface area contributed by atoms with Gasteiger partial charge in [-0.15, -0.1) is 0 Å². The Balaban J connectivity index is 0.000000140. The molecule has 0 unspecified atom stereocenters. The van der Waals surface area contributed by atoms with Gasteiger partial charge in [0.2, 0.25) is 47.4 Å². The highest BCUT2D eigenvalue weighted by Crippen LogP contribution is 2.38. The molecule has 19 rings (SSSR count). The molecular formula is C103H115F4N25O15. The number of fused-ring (bicyclic) bond motifs is 4. The van der Waals surface area contributed by atoms with Gasteiger partial charge in [0, 0.05) is 186 Å². The molecule has 0 aliphatic carbocycles. The molecule has 15 heterocycles. The Bertz CT molecular complexity index is 7330. The van der Waals surface area contributed by atoms with Gasteiger partial charge < -0.3 is 89.1 Å². The highest BCUT2D eigenvalue weighted by atomic mass is 19.1. The summed E-state index contributed by atoms with van der Waals surface area (Å²) in [5, 5.41) is 46.8. The fourth-order valence-electron chi connectivity index (χ4n) is 19.5. The summed E-state index contributed by atoms with van der Waals surface area (Å²) in [5.41, 5.74) is -1.13. The van der Waals surface area contributed by atoms with Crippen LogP contribution in [0.5, 0.6) is 29.0 Å². The number of nitrogens with zero attached hydrogens (tertiary/aromatic N) is 24. The molecule has 7 fully saturated rings. The number of morpholine rings is 1. The van der Waals surface area contributed by atoms with E-state index in [2.05, 4.69) is 75.2 Å². The minimum atomic E-state index is -0.739. The van der Waals surface area contributed by atoms with E-state index in [0.717, 1.165) is 39.9 Å². The normalized spacial score (nSPS) is 15.8. The first-order valence-corrected chi connectivity index (χ1v) is 48.4. The predicted octanol–water partition coefficient (Wildman–Crippen LogP) is 7.87. The lowest BCUT2D eigenvalue weighted by atomic mass is 10.1. The quantitative estimate of drug-likeness (QED) is 0.0358. The summed E-state index contributed by atoms with van der Waals surface area (Å²) in [7, 11) is 1.39. The zero-order chi connectivity index (χ0) is 105. The number of rotatable bonds is 20. The van der Waals surface area contributed by atoms with E-state index >= 15 is 0 Å². The molecule has 0 bridgehead atoms. The van der Waals surface area contributed by atoms with Crippen molar-refractivity contribution in [1.82, 2.24) is 87.5 Å². The number of carbonyl (C=O) groups excluding carboxylic acids is 5. The van der Waals surface area contributed by atoms with Gasteiger partial charge in [0.15, 0.2) is 23.3 Å². The van der Waals surface area contributed by atoms with Crippen molar-refractivity contribution in [2.24, 2.45) is 0 Å². The number of amides is 5. The van der Waals surface area contributed by atoms with Crippen LogP contribution in [0.3, 0.4) is 0 Å². The van der Waals surface area contributed by atoms with Crippen LogP contribution < -0.4 is 61.7 Å². The van der Waals surface area contributed by atoms with Crippen LogP contribution in [0.15, 0.2) is 167 Å². The molecule has 147 heavy (non-hydrogen) atoms. The van der Waals surface area contributed by atoms with Crippen molar-refractivity contribution in [3.8, 4) is 51.8 Å². The van der Waals surface area contributed by atoms with E-state index in [1.165, 1.54) is 109 Å². The predicted molar refractivity (Wildman–Crippen MR) is 549 cm³/mol. The van der Waals surface area contributed by atoms with Gasteiger partial charge in [-0.05, 0) is 151 Å². The number of piperidine rings is 1. The molecule has 5 N–H and O–H groups in total. The highest BCUT2D eigenvalue weighted by molar-refractivity contribution is 5.96. The number of halogens is 4. The monoisotopic (exact) mass is 2020 g/mol. The van der Waals surface area contributed by atoms with E-state index in [1.54, 1.807) is 83.4 Å². The number of carbonyl (C=O) groups is 5. The maximum absolute atomic E-state index is 14.8. The Kier molecular flexibility index (Phi) is 31.3. The van der Waals surface area contributed by atoms with Crippen LogP contribution in [0.1, 0.15) is 56.4 Å². The number of hydrogen-bond donors (Lipinski definition) is 5. The summed E-state index contributed by atoms with van der Waals surface area (Å²) in [6.45, 7) is 41.3. The third-order valence-electron chi connectivity index (χ3n) is 27.3. The van der Waals surface area contributed by atoms with Gasteiger partial charge in [0.1, 0.15) is 91.1 Å². The van der Waals surface area contributed by atoms with E-state index < -0.39 is 45.5 Å². The van der Waals surface area contributed by atoms with E-state index in [1.807, 2.05) is 24.5 Å². The summed E-state index contributed by atoms with van der Waals surface area (Å²) in [6.07, 6.45) is 6.58. The lowest BCUT2D eigenvalue weighted by Crippen LogP contribution is -2.60. The van der Waals surface area contributed by atoms with Crippen LogP contribution in [0.4, 0.5) is 58.7 Å². The molecule has 0 atom stereocenters. The number of phenols is 4. The summed E-state index contributed by atoms with van der Waals surface area (Å²) in [4.78, 5) is 175. The Labute approximate surface area is 841 Å². The first kappa shape index (κ1) is 103. The average Bonchev–Trinajstić information content (AvgIpc) is 0.734. The van der Waals surface area contributed by atoms with Gasteiger partial charge in [0.05, 0.1) is 41.9 Å². The number of ether oxygens (including phenoxy) is 2. The summed E-state index contributed by atoms with van der Waals surface area (Å²) in [5.74, 6) is -1.51. The molecule has 40 nitrogen and oxygen atoms in total. The number of likely N-dealkylation sites (tertiary alicyclic amines) is 1. The molecule has 7 aliphatic rings. The number of aromatic hydroxyl groups is 4. The smallest absolute Gasteiger partial charge is 0.318 e. The molecule has 770 valence electrons. The number of piperazine rings is 4. The second-order valence-electron chi connectivity index (χ2n) is 36.2. The van der Waals surface area contributed by atoms with Gasteiger partial charge in [-0.25, -0.2) is 32.5 Å². The summed E-state index contributed by atoms with van der Waals surface area (Å²) < 4.78 is 74.1. The number of hydrogen-bond acceptors (Lipinski definition) is 31. The molecule has 44 heteroatoms. The van der Waals surface area contributed by atoms with Crippen molar-refractivity contribution < 1.29 is 71.4 Å².